The van der Waals surface area contributed by atoms with E-state index in [4.69, 9.17) is 9.47 Å². The fourth-order valence-corrected chi connectivity index (χ4v) is 1.74. The van der Waals surface area contributed by atoms with Gasteiger partial charge in [-0.1, -0.05) is 0 Å². The molecule has 15 heavy (non-hydrogen) atoms. The molecule has 0 aromatic heterocycles. The molecule has 0 unspecified atom stereocenters. The molecule has 0 aliphatic heterocycles. The van der Waals surface area contributed by atoms with Crippen LogP contribution in [0.5, 0.6) is 5.75 Å². The van der Waals surface area contributed by atoms with Gasteiger partial charge in [0, 0.05) is 16.4 Å². The first-order valence-corrected chi connectivity index (χ1v) is 5.77. The lowest BCUT2D eigenvalue weighted by Gasteiger charge is -2.15. The Morgan fingerprint density at radius 1 is 1.33 bits per heavy atom. The van der Waals surface area contributed by atoms with Crippen molar-refractivity contribution in [1.29, 1.82) is 0 Å². The second-order valence-electron chi connectivity index (χ2n) is 3.54. The van der Waals surface area contributed by atoms with Gasteiger partial charge >= 0.3 is 5.97 Å². The highest BCUT2D eigenvalue weighted by atomic mass is 127. The molecule has 0 N–H and O–H groups in total. The molecular weight excluding hydrogens is 307 g/mol. The Kier molecular flexibility index (Phi) is 2.86. The Bertz CT molecular complexity index is 368. The molecular formula is C11H11IO3. The normalized spacial score (nSPS) is 16.9. The predicted octanol–water partition coefficient (Wildman–Crippen LogP) is 2.38. The van der Waals surface area contributed by atoms with Crippen LogP contribution in [0.1, 0.15) is 12.8 Å². The number of carbonyl (C=O) groups is 1. The molecule has 1 aliphatic rings. The van der Waals surface area contributed by atoms with Gasteiger partial charge in [-0.25, -0.2) is 4.79 Å². The second-order valence-corrected chi connectivity index (χ2v) is 4.79. The molecule has 4 heteroatoms. The average Bonchev–Trinajstić information content (AvgIpc) is 3.01. The standard InChI is InChI=1S/C11H11IO3/c1-14-10(13)11(6-7-11)15-9-4-2-8(12)3-5-9/h2-5H,6-7H2,1H3. The first kappa shape index (κ1) is 10.7. The van der Waals surface area contributed by atoms with E-state index in [-0.39, 0.29) is 5.97 Å². The summed E-state index contributed by atoms with van der Waals surface area (Å²) in [6.45, 7) is 0. The van der Waals surface area contributed by atoms with Gasteiger partial charge in [-0.3, -0.25) is 0 Å². The molecule has 2 rings (SSSR count). The van der Waals surface area contributed by atoms with Crippen molar-refractivity contribution in [2.75, 3.05) is 7.11 Å². The summed E-state index contributed by atoms with van der Waals surface area (Å²) in [6.07, 6.45) is 1.48. The van der Waals surface area contributed by atoms with E-state index in [0.717, 1.165) is 22.2 Å². The highest BCUT2D eigenvalue weighted by molar-refractivity contribution is 14.1. The number of carbonyl (C=O) groups excluding carboxylic acids is 1. The molecule has 1 saturated carbocycles. The summed E-state index contributed by atoms with van der Waals surface area (Å²) in [7, 11) is 1.39. The number of halogens is 1. The van der Waals surface area contributed by atoms with E-state index in [1.54, 1.807) is 0 Å². The van der Waals surface area contributed by atoms with E-state index < -0.39 is 5.60 Å². The number of methoxy groups -OCH3 is 1. The van der Waals surface area contributed by atoms with Gasteiger partial charge in [0.05, 0.1) is 7.11 Å². The third-order valence-electron chi connectivity index (χ3n) is 2.39. The Morgan fingerprint density at radius 3 is 2.40 bits per heavy atom. The van der Waals surface area contributed by atoms with Crippen molar-refractivity contribution in [3.63, 3.8) is 0 Å². The quantitative estimate of drug-likeness (QED) is 0.634. The molecule has 0 radical (unpaired) electrons. The SMILES string of the molecule is COC(=O)C1(Oc2ccc(I)cc2)CC1. The number of rotatable bonds is 3. The fraction of sp³-hybridized carbons (Fsp3) is 0.364. The number of hydrogen-bond donors (Lipinski definition) is 0. The van der Waals surface area contributed by atoms with Crippen molar-refractivity contribution in [2.24, 2.45) is 0 Å². The van der Waals surface area contributed by atoms with Crippen molar-refractivity contribution in [3.8, 4) is 5.75 Å². The summed E-state index contributed by atoms with van der Waals surface area (Å²) >= 11 is 2.22. The molecule has 0 heterocycles. The first-order valence-electron chi connectivity index (χ1n) is 4.69. The summed E-state index contributed by atoms with van der Waals surface area (Å²) in [4.78, 5) is 11.4. The van der Waals surface area contributed by atoms with Gasteiger partial charge in [0.1, 0.15) is 5.75 Å². The van der Waals surface area contributed by atoms with Crippen LogP contribution in [-0.4, -0.2) is 18.7 Å². The maximum absolute atomic E-state index is 11.4. The molecule has 0 bridgehead atoms. The van der Waals surface area contributed by atoms with Crippen molar-refractivity contribution in [2.45, 2.75) is 18.4 Å². The Balaban J connectivity index is 2.09. The molecule has 0 spiro atoms. The van der Waals surface area contributed by atoms with Crippen LogP contribution < -0.4 is 4.74 Å². The van der Waals surface area contributed by atoms with E-state index in [1.807, 2.05) is 24.3 Å². The highest BCUT2D eigenvalue weighted by Crippen LogP contribution is 2.41. The number of ether oxygens (including phenoxy) is 2. The van der Waals surface area contributed by atoms with Crippen LogP contribution in [0, 0.1) is 3.57 Å². The summed E-state index contributed by atoms with van der Waals surface area (Å²) in [6, 6.07) is 7.63. The van der Waals surface area contributed by atoms with Crippen molar-refractivity contribution in [3.05, 3.63) is 27.8 Å². The highest BCUT2D eigenvalue weighted by Gasteiger charge is 2.54. The topological polar surface area (TPSA) is 35.5 Å². The van der Waals surface area contributed by atoms with E-state index in [9.17, 15) is 4.79 Å². The molecule has 0 amide bonds. The van der Waals surface area contributed by atoms with E-state index in [0.29, 0.717) is 0 Å². The lowest BCUT2D eigenvalue weighted by atomic mass is 10.3. The van der Waals surface area contributed by atoms with E-state index >= 15 is 0 Å². The predicted molar refractivity (Wildman–Crippen MR) is 63.8 cm³/mol. The minimum atomic E-state index is -0.707. The van der Waals surface area contributed by atoms with Crippen molar-refractivity contribution < 1.29 is 14.3 Å². The average molecular weight is 318 g/mol. The molecule has 1 aliphatic carbocycles. The van der Waals surface area contributed by atoms with Gasteiger partial charge in [-0.2, -0.15) is 0 Å². The van der Waals surface area contributed by atoms with Crippen LogP contribution in [0.3, 0.4) is 0 Å². The lowest BCUT2D eigenvalue weighted by Crippen LogP contribution is -2.30. The third kappa shape index (κ3) is 2.25. The minimum absolute atomic E-state index is 0.277. The fourth-order valence-electron chi connectivity index (χ4n) is 1.38. The molecule has 1 aromatic rings. The Morgan fingerprint density at radius 2 is 1.93 bits per heavy atom. The van der Waals surface area contributed by atoms with Gasteiger partial charge in [-0.05, 0) is 46.9 Å². The lowest BCUT2D eigenvalue weighted by molar-refractivity contribution is -0.151. The third-order valence-corrected chi connectivity index (χ3v) is 3.11. The summed E-state index contributed by atoms with van der Waals surface area (Å²) in [5.41, 5.74) is -0.707. The maximum Gasteiger partial charge on any atom is 0.350 e. The zero-order chi connectivity index (χ0) is 10.9. The molecule has 80 valence electrons. The van der Waals surface area contributed by atoms with Gasteiger partial charge in [-0.15, -0.1) is 0 Å². The van der Waals surface area contributed by atoms with Gasteiger partial charge in [0.2, 0.25) is 5.60 Å². The van der Waals surface area contributed by atoms with Crippen LogP contribution in [0.2, 0.25) is 0 Å². The largest absolute Gasteiger partial charge is 0.476 e. The maximum atomic E-state index is 11.4. The number of hydrogen-bond acceptors (Lipinski definition) is 3. The molecule has 0 atom stereocenters. The summed E-state index contributed by atoms with van der Waals surface area (Å²) in [5.74, 6) is 0.444. The van der Waals surface area contributed by atoms with Crippen LogP contribution in [-0.2, 0) is 9.53 Å². The zero-order valence-electron chi connectivity index (χ0n) is 8.33. The minimum Gasteiger partial charge on any atom is -0.476 e. The van der Waals surface area contributed by atoms with Gasteiger partial charge in [0.15, 0.2) is 0 Å². The molecule has 1 fully saturated rings. The van der Waals surface area contributed by atoms with Crippen LogP contribution in [0.4, 0.5) is 0 Å². The molecule has 1 aromatic carbocycles. The van der Waals surface area contributed by atoms with Crippen molar-refractivity contribution in [1.82, 2.24) is 0 Å². The van der Waals surface area contributed by atoms with Crippen LogP contribution in [0.15, 0.2) is 24.3 Å². The van der Waals surface area contributed by atoms with Crippen molar-refractivity contribution >= 4 is 28.6 Å². The number of esters is 1. The van der Waals surface area contributed by atoms with E-state index in [2.05, 4.69) is 22.6 Å². The zero-order valence-corrected chi connectivity index (χ0v) is 10.5. The summed E-state index contributed by atoms with van der Waals surface area (Å²) in [5, 5.41) is 0. The van der Waals surface area contributed by atoms with Crippen LogP contribution in [0.25, 0.3) is 0 Å². The first-order chi connectivity index (χ1) is 7.16. The van der Waals surface area contributed by atoms with Gasteiger partial charge in [0.25, 0.3) is 0 Å². The Hall–Kier alpha value is -0.780. The Labute approximate surface area is 102 Å². The molecule has 0 saturated heterocycles. The monoisotopic (exact) mass is 318 g/mol. The number of benzene rings is 1. The second kappa shape index (κ2) is 4.00. The smallest absolute Gasteiger partial charge is 0.350 e. The summed E-state index contributed by atoms with van der Waals surface area (Å²) < 4.78 is 11.5. The van der Waals surface area contributed by atoms with Crippen LogP contribution >= 0.6 is 22.6 Å². The van der Waals surface area contributed by atoms with Gasteiger partial charge < -0.3 is 9.47 Å². The molecule has 3 nitrogen and oxygen atoms in total. The van der Waals surface area contributed by atoms with E-state index in [1.165, 1.54) is 7.11 Å².